The van der Waals surface area contributed by atoms with E-state index in [2.05, 4.69) is 17.0 Å². The number of aromatic nitrogens is 3. The Bertz CT molecular complexity index is 715. The number of rotatable bonds is 4. The number of fused-ring (bicyclic) bond motifs is 1. The normalized spacial score (nSPS) is 12.7. The van der Waals surface area contributed by atoms with E-state index in [1.54, 1.807) is 12.4 Å². The molecule has 0 aliphatic heterocycles. The highest BCUT2D eigenvalue weighted by Crippen LogP contribution is 2.27. The smallest absolute Gasteiger partial charge is 0.109 e. The van der Waals surface area contributed by atoms with E-state index in [1.807, 2.05) is 41.3 Å². The third-order valence-corrected chi connectivity index (χ3v) is 3.42. The Morgan fingerprint density at radius 2 is 2.05 bits per heavy atom. The Kier molecular flexibility index (Phi) is 3.48. The third kappa shape index (κ3) is 2.30. The lowest BCUT2D eigenvalue weighted by molar-refractivity contribution is 0.221. The van der Waals surface area contributed by atoms with E-state index in [0.717, 1.165) is 34.9 Å². The summed E-state index contributed by atoms with van der Waals surface area (Å²) < 4.78 is 1.86. The molecule has 0 radical (unpaired) electrons. The molecule has 0 saturated carbocycles. The second-order valence-corrected chi connectivity index (χ2v) is 4.89. The molecule has 0 saturated heterocycles. The lowest BCUT2D eigenvalue weighted by atomic mass is 10.0. The number of aliphatic hydroxyl groups excluding tert-OH is 1. The SMILES string of the molecule is CCCn1cc(C(O)c2cncc3ccccc23)cn1. The minimum atomic E-state index is -0.695. The van der Waals surface area contributed by atoms with Crippen LogP contribution >= 0.6 is 0 Å². The summed E-state index contributed by atoms with van der Waals surface area (Å²) in [6.45, 7) is 2.97. The Morgan fingerprint density at radius 1 is 1.20 bits per heavy atom. The van der Waals surface area contributed by atoms with E-state index < -0.39 is 6.10 Å². The van der Waals surface area contributed by atoms with Crippen LogP contribution in [0.3, 0.4) is 0 Å². The summed E-state index contributed by atoms with van der Waals surface area (Å²) in [6.07, 6.45) is 7.49. The third-order valence-electron chi connectivity index (χ3n) is 3.42. The van der Waals surface area contributed by atoms with Gasteiger partial charge in [-0.2, -0.15) is 5.10 Å². The minimum Gasteiger partial charge on any atom is -0.383 e. The van der Waals surface area contributed by atoms with Crippen LogP contribution in [-0.4, -0.2) is 19.9 Å². The van der Waals surface area contributed by atoms with Gasteiger partial charge in [0.2, 0.25) is 0 Å². The van der Waals surface area contributed by atoms with E-state index >= 15 is 0 Å². The number of benzene rings is 1. The van der Waals surface area contributed by atoms with Crippen molar-refractivity contribution in [3.05, 3.63) is 60.2 Å². The Morgan fingerprint density at radius 3 is 2.90 bits per heavy atom. The highest BCUT2D eigenvalue weighted by Gasteiger charge is 2.15. The molecule has 1 N–H and O–H groups in total. The van der Waals surface area contributed by atoms with Gasteiger partial charge in [-0.1, -0.05) is 31.2 Å². The molecular formula is C16H17N3O. The number of aliphatic hydroxyl groups is 1. The molecule has 3 aromatic rings. The van der Waals surface area contributed by atoms with Crippen molar-refractivity contribution in [2.24, 2.45) is 0 Å². The van der Waals surface area contributed by atoms with E-state index in [-0.39, 0.29) is 0 Å². The van der Waals surface area contributed by atoms with Crippen LogP contribution in [-0.2, 0) is 6.54 Å². The molecule has 4 heteroatoms. The predicted molar refractivity (Wildman–Crippen MR) is 78.3 cm³/mol. The van der Waals surface area contributed by atoms with Gasteiger partial charge in [-0.3, -0.25) is 9.67 Å². The summed E-state index contributed by atoms with van der Waals surface area (Å²) in [7, 11) is 0. The maximum atomic E-state index is 10.6. The summed E-state index contributed by atoms with van der Waals surface area (Å²) in [5.74, 6) is 0. The summed E-state index contributed by atoms with van der Waals surface area (Å²) in [4.78, 5) is 4.22. The molecule has 2 aromatic heterocycles. The molecule has 0 fully saturated rings. The highest BCUT2D eigenvalue weighted by molar-refractivity contribution is 5.85. The molecule has 0 aliphatic carbocycles. The lowest BCUT2D eigenvalue weighted by Crippen LogP contribution is -2.01. The number of hydrogen-bond acceptors (Lipinski definition) is 3. The lowest BCUT2D eigenvalue weighted by Gasteiger charge is -2.11. The first-order chi connectivity index (χ1) is 9.79. The number of hydrogen-bond donors (Lipinski definition) is 1. The fourth-order valence-corrected chi connectivity index (χ4v) is 2.41. The van der Waals surface area contributed by atoms with Crippen LogP contribution in [0.5, 0.6) is 0 Å². The van der Waals surface area contributed by atoms with Crippen molar-refractivity contribution in [3.8, 4) is 0 Å². The summed E-state index contributed by atoms with van der Waals surface area (Å²) in [5, 5.41) is 16.9. The maximum Gasteiger partial charge on any atom is 0.109 e. The number of pyridine rings is 1. The molecule has 102 valence electrons. The Labute approximate surface area is 117 Å². The second-order valence-electron chi connectivity index (χ2n) is 4.89. The highest BCUT2D eigenvalue weighted by atomic mass is 16.3. The van der Waals surface area contributed by atoms with Gasteiger partial charge in [0.25, 0.3) is 0 Å². The molecule has 1 atom stereocenters. The molecule has 1 unspecified atom stereocenters. The molecule has 20 heavy (non-hydrogen) atoms. The quantitative estimate of drug-likeness (QED) is 0.790. The number of nitrogens with zero attached hydrogens (tertiary/aromatic N) is 3. The summed E-state index contributed by atoms with van der Waals surface area (Å²) in [6, 6.07) is 7.95. The van der Waals surface area contributed by atoms with Gasteiger partial charge in [0.05, 0.1) is 6.20 Å². The van der Waals surface area contributed by atoms with Crippen molar-refractivity contribution in [1.82, 2.24) is 14.8 Å². The number of aryl methyl sites for hydroxylation is 1. The summed E-state index contributed by atoms with van der Waals surface area (Å²) >= 11 is 0. The first kappa shape index (κ1) is 12.8. The van der Waals surface area contributed by atoms with Gasteiger partial charge in [0.1, 0.15) is 6.10 Å². The standard InChI is InChI=1S/C16H17N3O/c1-2-7-19-11-13(9-18-19)16(20)15-10-17-8-12-5-3-4-6-14(12)15/h3-6,8-11,16,20H,2,7H2,1H3. The monoisotopic (exact) mass is 267 g/mol. The molecule has 0 aliphatic rings. The van der Waals surface area contributed by atoms with E-state index in [4.69, 9.17) is 0 Å². The van der Waals surface area contributed by atoms with Crippen LogP contribution in [0.1, 0.15) is 30.6 Å². The zero-order valence-electron chi connectivity index (χ0n) is 11.4. The molecular weight excluding hydrogens is 250 g/mol. The minimum absolute atomic E-state index is 0.695. The summed E-state index contributed by atoms with van der Waals surface area (Å²) in [5.41, 5.74) is 1.62. The van der Waals surface area contributed by atoms with Crippen LogP contribution in [0.2, 0.25) is 0 Å². The molecule has 0 spiro atoms. The molecule has 0 bridgehead atoms. The van der Waals surface area contributed by atoms with Crippen molar-refractivity contribution in [3.63, 3.8) is 0 Å². The van der Waals surface area contributed by atoms with Crippen molar-refractivity contribution in [2.75, 3.05) is 0 Å². The van der Waals surface area contributed by atoms with Gasteiger partial charge in [0.15, 0.2) is 0 Å². The van der Waals surface area contributed by atoms with Crippen LogP contribution < -0.4 is 0 Å². The fourth-order valence-electron chi connectivity index (χ4n) is 2.41. The van der Waals surface area contributed by atoms with Crippen molar-refractivity contribution in [2.45, 2.75) is 26.0 Å². The van der Waals surface area contributed by atoms with Gasteiger partial charge < -0.3 is 5.11 Å². The van der Waals surface area contributed by atoms with Crippen molar-refractivity contribution in [1.29, 1.82) is 0 Å². The van der Waals surface area contributed by atoms with E-state index in [9.17, 15) is 5.11 Å². The van der Waals surface area contributed by atoms with Crippen LogP contribution in [0.25, 0.3) is 10.8 Å². The zero-order chi connectivity index (χ0) is 13.9. The average molecular weight is 267 g/mol. The van der Waals surface area contributed by atoms with Gasteiger partial charge in [-0.25, -0.2) is 0 Å². The fraction of sp³-hybridized carbons (Fsp3) is 0.250. The zero-order valence-corrected chi connectivity index (χ0v) is 11.4. The average Bonchev–Trinajstić information content (AvgIpc) is 2.95. The Hall–Kier alpha value is -2.20. The topological polar surface area (TPSA) is 50.9 Å². The van der Waals surface area contributed by atoms with Crippen molar-refractivity contribution >= 4 is 10.8 Å². The van der Waals surface area contributed by atoms with Crippen LogP contribution in [0, 0.1) is 0 Å². The predicted octanol–water partition coefficient (Wildman–Crippen LogP) is 2.92. The van der Waals surface area contributed by atoms with E-state index in [1.165, 1.54) is 0 Å². The molecule has 4 nitrogen and oxygen atoms in total. The van der Waals surface area contributed by atoms with Crippen molar-refractivity contribution < 1.29 is 5.11 Å². The second kappa shape index (κ2) is 5.43. The van der Waals surface area contributed by atoms with Gasteiger partial charge in [-0.05, 0) is 11.8 Å². The van der Waals surface area contributed by atoms with Crippen LogP contribution in [0.15, 0.2) is 49.1 Å². The van der Waals surface area contributed by atoms with Gasteiger partial charge in [0, 0.05) is 41.6 Å². The molecule has 0 amide bonds. The maximum absolute atomic E-state index is 10.6. The van der Waals surface area contributed by atoms with Gasteiger partial charge >= 0.3 is 0 Å². The first-order valence-corrected chi connectivity index (χ1v) is 6.82. The molecule has 3 rings (SSSR count). The molecule has 2 heterocycles. The van der Waals surface area contributed by atoms with E-state index in [0.29, 0.717) is 0 Å². The van der Waals surface area contributed by atoms with Gasteiger partial charge in [-0.15, -0.1) is 0 Å². The largest absolute Gasteiger partial charge is 0.383 e. The molecule has 1 aromatic carbocycles. The van der Waals surface area contributed by atoms with Crippen LogP contribution in [0.4, 0.5) is 0 Å². The first-order valence-electron chi connectivity index (χ1n) is 6.82. The Balaban J connectivity index is 2.01.